The first-order chi connectivity index (χ1) is 12.3. The summed E-state index contributed by atoms with van der Waals surface area (Å²) in [6.07, 6.45) is 0.825. The number of benzene rings is 1. The molecule has 1 heterocycles. The van der Waals surface area contributed by atoms with Crippen LogP contribution in [0.3, 0.4) is 0 Å². The molecule has 1 aromatic rings. The third-order valence-electron chi connectivity index (χ3n) is 3.95. The van der Waals surface area contributed by atoms with Crippen molar-refractivity contribution >= 4 is 41.3 Å². The third kappa shape index (κ3) is 4.75. The molecule has 0 unspecified atom stereocenters. The number of nitrogens with zero attached hydrogens (tertiary/aromatic N) is 1. The molecule has 2 N–H and O–H groups in total. The van der Waals surface area contributed by atoms with Gasteiger partial charge < -0.3 is 15.0 Å². The molecule has 1 aliphatic rings. The average Bonchev–Trinajstić information content (AvgIpc) is 3.03. The SMILES string of the molecule is CNC(=O)NC(=O)[C@@H](C)OC(=O)[C@@H]1CC(=O)N(c2cccc(SC)c2)C1. The molecule has 9 heteroatoms. The first-order valence-corrected chi connectivity index (χ1v) is 9.25. The largest absolute Gasteiger partial charge is 0.452 e. The van der Waals surface area contributed by atoms with E-state index in [0.717, 1.165) is 10.6 Å². The molecule has 0 aliphatic carbocycles. The number of thioether (sulfide) groups is 1. The zero-order chi connectivity index (χ0) is 19.3. The van der Waals surface area contributed by atoms with E-state index < -0.39 is 29.9 Å². The van der Waals surface area contributed by atoms with Gasteiger partial charge >= 0.3 is 12.0 Å². The van der Waals surface area contributed by atoms with Crippen molar-refractivity contribution in [1.82, 2.24) is 10.6 Å². The van der Waals surface area contributed by atoms with Gasteiger partial charge in [0, 0.05) is 30.6 Å². The summed E-state index contributed by atoms with van der Waals surface area (Å²) in [4.78, 5) is 50.0. The summed E-state index contributed by atoms with van der Waals surface area (Å²) in [6, 6.07) is 6.80. The quantitative estimate of drug-likeness (QED) is 0.587. The van der Waals surface area contributed by atoms with Gasteiger partial charge in [-0.15, -0.1) is 11.8 Å². The first kappa shape index (κ1) is 19.8. The molecule has 2 atom stereocenters. The zero-order valence-electron chi connectivity index (χ0n) is 14.8. The summed E-state index contributed by atoms with van der Waals surface area (Å²) in [7, 11) is 1.37. The maximum absolute atomic E-state index is 12.3. The first-order valence-electron chi connectivity index (χ1n) is 8.03. The number of amides is 4. The lowest BCUT2D eigenvalue weighted by Gasteiger charge is -2.18. The van der Waals surface area contributed by atoms with Crippen LogP contribution in [0.25, 0.3) is 0 Å². The number of esters is 1. The monoisotopic (exact) mass is 379 g/mol. The minimum atomic E-state index is -1.14. The molecule has 1 fully saturated rings. The summed E-state index contributed by atoms with van der Waals surface area (Å²) < 4.78 is 5.10. The van der Waals surface area contributed by atoms with Gasteiger partial charge in [0.1, 0.15) is 0 Å². The van der Waals surface area contributed by atoms with Gasteiger partial charge in [-0.2, -0.15) is 0 Å². The van der Waals surface area contributed by atoms with Crippen molar-refractivity contribution in [3.05, 3.63) is 24.3 Å². The number of nitrogens with one attached hydrogen (secondary N) is 2. The second-order valence-corrected chi connectivity index (χ2v) is 6.63. The van der Waals surface area contributed by atoms with E-state index in [1.54, 1.807) is 16.7 Å². The van der Waals surface area contributed by atoms with E-state index in [9.17, 15) is 19.2 Å². The Morgan fingerprint density at radius 1 is 1.35 bits per heavy atom. The Balaban J connectivity index is 1.97. The molecule has 26 heavy (non-hydrogen) atoms. The number of urea groups is 1. The maximum Gasteiger partial charge on any atom is 0.321 e. The Morgan fingerprint density at radius 2 is 2.08 bits per heavy atom. The van der Waals surface area contributed by atoms with E-state index in [2.05, 4.69) is 5.32 Å². The van der Waals surface area contributed by atoms with E-state index in [0.29, 0.717) is 0 Å². The number of carbonyl (C=O) groups is 4. The molecule has 1 aromatic carbocycles. The highest BCUT2D eigenvalue weighted by molar-refractivity contribution is 7.98. The topological polar surface area (TPSA) is 105 Å². The zero-order valence-corrected chi connectivity index (χ0v) is 15.6. The molecule has 0 aromatic heterocycles. The lowest BCUT2D eigenvalue weighted by Crippen LogP contribution is -2.44. The summed E-state index contributed by atoms with van der Waals surface area (Å²) in [5, 5.41) is 4.27. The Hall–Kier alpha value is -2.55. The van der Waals surface area contributed by atoms with Crippen LogP contribution >= 0.6 is 11.8 Å². The van der Waals surface area contributed by atoms with Crippen molar-refractivity contribution in [3.8, 4) is 0 Å². The number of anilines is 1. The van der Waals surface area contributed by atoms with Crippen LogP contribution in [0.4, 0.5) is 10.5 Å². The Kier molecular flexibility index (Phi) is 6.62. The smallest absolute Gasteiger partial charge is 0.321 e. The second-order valence-electron chi connectivity index (χ2n) is 5.75. The maximum atomic E-state index is 12.3. The van der Waals surface area contributed by atoms with Crippen LogP contribution in [-0.2, 0) is 19.1 Å². The van der Waals surface area contributed by atoms with Crippen LogP contribution < -0.4 is 15.5 Å². The fraction of sp³-hybridized carbons (Fsp3) is 0.412. The highest BCUT2D eigenvalue weighted by Gasteiger charge is 2.37. The van der Waals surface area contributed by atoms with Crippen LogP contribution in [-0.4, -0.2) is 49.8 Å². The number of ether oxygens (including phenoxy) is 1. The molecular weight excluding hydrogens is 358 g/mol. The van der Waals surface area contributed by atoms with Crippen molar-refractivity contribution in [2.45, 2.75) is 24.3 Å². The second kappa shape index (κ2) is 8.70. The van der Waals surface area contributed by atoms with Gasteiger partial charge in [0.2, 0.25) is 5.91 Å². The van der Waals surface area contributed by atoms with Crippen LogP contribution in [0.2, 0.25) is 0 Å². The highest BCUT2D eigenvalue weighted by Crippen LogP contribution is 2.28. The van der Waals surface area contributed by atoms with E-state index in [-0.39, 0.29) is 18.9 Å². The highest BCUT2D eigenvalue weighted by atomic mass is 32.2. The van der Waals surface area contributed by atoms with Crippen LogP contribution in [0, 0.1) is 5.92 Å². The summed E-state index contributed by atoms with van der Waals surface area (Å²) in [5.74, 6) is -2.20. The molecule has 0 spiro atoms. The van der Waals surface area contributed by atoms with Gasteiger partial charge in [-0.1, -0.05) is 6.07 Å². The summed E-state index contributed by atoms with van der Waals surface area (Å²) in [6.45, 7) is 1.56. The number of hydrogen-bond donors (Lipinski definition) is 2. The fourth-order valence-corrected chi connectivity index (χ4v) is 2.95. The van der Waals surface area contributed by atoms with Crippen LogP contribution in [0.1, 0.15) is 13.3 Å². The molecule has 0 bridgehead atoms. The van der Waals surface area contributed by atoms with Gasteiger partial charge in [-0.3, -0.25) is 19.7 Å². The van der Waals surface area contributed by atoms with E-state index >= 15 is 0 Å². The Labute approximate surface area is 155 Å². The molecule has 0 radical (unpaired) electrons. The molecule has 2 rings (SSSR count). The molecule has 1 aliphatic heterocycles. The predicted octanol–water partition coefficient (Wildman–Crippen LogP) is 1.15. The Morgan fingerprint density at radius 3 is 2.73 bits per heavy atom. The molecule has 8 nitrogen and oxygen atoms in total. The van der Waals surface area contributed by atoms with Gasteiger partial charge in [0.25, 0.3) is 5.91 Å². The lowest BCUT2D eigenvalue weighted by molar-refractivity contribution is -0.158. The van der Waals surface area contributed by atoms with Crippen LogP contribution in [0.5, 0.6) is 0 Å². The summed E-state index contributed by atoms with van der Waals surface area (Å²) >= 11 is 1.56. The Bertz CT molecular complexity index is 724. The number of imide groups is 1. The molecule has 1 saturated heterocycles. The van der Waals surface area contributed by atoms with Gasteiger partial charge in [-0.05, 0) is 31.4 Å². The van der Waals surface area contributed by atoms with Crippen LogP contribution in [0.15, 0.2) is 29.2 Å². The number of carbonyl (C=O) groups excluding carboxylic acids is 4. The molecular formula is C17H21N3O5S. The lowest BCUT2D eigenvalue weighted by atomic mass is 10.1. The van der Waals surface area contributed by atoms with Gasteiger partial charge in [0.05, 0.1) is 5.92 Å². The molecule has 0 saturated carbocycles. The van der Waals surface area contributed by atoms with Crippen molar-refractivity contribution < 1.29 is 23.9 Å². The van der Waals surface area contributed by atoms with E-state index in [1.807, 2.05) is 35.8 Å². The standard InChI is InChI=1S/C17H21N3O5S/c1-10(15(22)19-17(24)18-2)25-16(23)11-7-14(21)20(9-11)12-5-4-6-13(8-12)26-3/h4-6,8,10-11H,7,9H2,1-3H3,(H2,18,19,22,24)/t10-,11-/m1/s1. The van der Waals surface area contributed by atoms with Gasteiger partial charge in [-0.25, -0.2) is 4.79 Å². The van der Waals surface area contributed by atoms with Crippen molar-refractivity contribution in [1.29, 1.82) is 0 Å². The average molecular weight is 379 g/mol. The minimum absolute atomic E-state index is 0.0200. The van der Waals surface area contributed by atoms with Gasteiger partial charge in [0.15, 0.2) is 6.10 Å². The number of hydrogen-bond acceptors (Lipinski definition) is 6. The van der Waals surface area contributed by atoms with Crippen molar-refractivity contribution in [2.24, 2.45) is 5.92 Å². The number of rotatable bonds is 5. The normalized spacial score (nSPS) is 17.6. The molecule has 4 amide bonds. The third-order valence-corrected chi connectivity index (χ3v) is 4.67. The minimum Gasteiger partial charge on any atom is -0.452 e. The fourth-order valence-electron chi connectivity index (χ4n) is 2.49. The van der Waals surface area contributed by atoms with E-state index in [4.69, 9.17) is 4.74 Å². The predicted molar refractivity (Wildman–Crippen MR) is 96.8 cm³/mol. The van der Waals surface area contributed by atoms with E-state index in [1.165, 1.54) is 14.0 Å². The van der Waals surface area contributed by atoms with Crippen molar-refractivity contribution in [2.75, 3.05) is 24.7 Å². The van der Waals surface area contributed by atoms with Crippen molar-refractivity contribution in [3.63, 3.8) is 0 Å². The molecule has 140 valence electrons. The summed E-state index contributed by atoms with van der Waals surface area (Å²) in [5.41, 5.74) is 0.725.